The Hall–Kier alpha value is -1.26. The van der Waals surface area contributed by atoms with E-state index in [1.54, 1.807) is 7.11 Å². The first-order chi connectivity index (χ1) is 10.8. The monoisotopic (exact) mass is 319 g/mol. The molecule has 1 fully saturated rings. The standard InChI is InChI=1S/C19H29NO3/c1-19(2,3)10-13-11-20-6-5-12-7-17(22)18(23-4)8-14(12)15(20)9-16(13)21/h7-8,13,15-16,21-22H,5-6,9-11H2,1-4H3. The van der Waals surface area contributed by atoms with Gasteiger partial charge in [0.25, 0.3) is 0 Å². The average molecular weight is 319 g/mol. The average Bonchev–Trinajstić information content (AvgIpc) is 2.46. The van der Waals surface area contributed by atoms with Crippen LogP contribution in [-0.2, 0) is 6.42 Å². The van der Waals surface area contributed by atoms with Gasteiger partial charge in [0.15, 0.2) is 11.5 Å². The lowest BCUT2D eigenvalue weighted by molar-refractivity contribution is -0.0259. The van der Waals surface area contributed by atoms with Gasteiger partial charge in [-0.15, -0.1) is 0 Å². The van der Waals surface area contributed by atoms with Crippen molar-refractivity contribution in [1.29, 1.82) is 0 Å². The highest BCUT2D eigenvalue weighted by Crippen LogP contribution is 2.44. The Bertz CT molecular complexity index is 579. The number of benzene rings is 1. The number of rotatable bonds is 2. The molecule has 3 unspecified atom stereocenters. The molecule has 0 amide bonds. The van der Waals surface area contributed by atoms with Crippen LogP contribution in [0.15, 0.2) is 12.1 Å². The molecular weight excluding hydrogens is 290 g/mol. The molecule has 2 aliphatic heterocycles. The summed E-state index contributed by atoms with van der Waals surface area (Å²) < 4.78 is 5.27. The van der Waals surface area contributed by atoms with Gasteiger partial charge in [-0.2, -0.15) is 0 Å². The van der Waals surface area contributed by atoms with Gasteiger partial charge in [-0.1, -0.05) is 20.8 Å². The van der Waals surface area contributed by atoms with Crippen LogP contribution in [0.2, 0.25) is 0 Å². The number of ether oxygens (including phenoxy) is 1. The van der Waals surface area contributed by atoms with E-state index in [1.165, 1.54) is 11.1 Å². The summed E-state index contributed by atoms with van der Waals surface area (Å²) >= 11 is 0. The van der Waals surface area contributed by atoms with Crippen LogP contribution in [0.3, 0.4) is 0 Å². The molecule has 4 heteroatoms. The fourth-order valence-corrected chi connectivity index (χ4v) is 4.26. The zero-order chi connectivity index (χ0) is 16.8. The fraction of sp³-hybridized carbons (Fsp3) is 0.684. The van der Waals surface area contributed by atoms with Crippen molar-refractivity contribution in [2.45, 2.75) is 52.2 Å². The number of piperidine rings is 1. The van der Waals surface area contributed by atoms with Crippen molar-refractivity contribution in [3.63, 3.8) is 0 Å². The number of hydrogen-bond acceptors (Lipinski definition) is 4. The maximum Gasteiger partial charge on any atom is 0.160 e. The first-order valence-electron chi connectivity index (χ1n) is 8.60. The van der Waals surface area contributed by atoms with Crippen molar-refractivity contribution in [1.82, 2.24) is 4.90 Å². The second kappa shape index (κ2) is 5.99. The molecule has 0 aliphatic carbocycles. The quantitative estimate of drug-likeness (QED) is 0.879. The maximum atomic E-state index is 10.7. The number of nitrogens with zero attached hydrogens (tertiary/aromatic N) is 1. The number of aromatic hydroxyl groups is 1. The predicted molar refractivity (Wildman–Crippen MR) is 90.9 cm³/mol. The molecule has 0 aromatic heterocycles. The van der Waals surface area contributed by atoms with E-state index < -0.39 is 0 Å². The van der Waals surface area contributed by atoms with Crippen molar-refractivity contribution >= 4 is 0 Å². The molecule has 1 aromatic carbocycles. The Kier molecular flexibility index (Phi) is 4.32. The first-order valence-corrected chi connectivity index (χ1v) is 8.60. The zero-order valence-electron chi connectivity index (χ0n) is 14.7. The molecule has 2 N–H and O–H groups in total. The number of aliphatic hydroxyl groups excluding tert-OH is 1. The summed E-state index contributed by atoms with van der Waals surface area (Å²) in [5, 5.41) is 20.7. The Morgan fingerprint density at radius 2 is 2.04 bits per heavy atom. The van der Waals surface area contributed by atoms with Gasteiger partial charge < -0.3 is 14.9 Å². The third kappa shape index (κ3) is 3.33. The molecule has 0 radical (unpaired) electrons. The van der Waals surface area contributed by atoms with Gasteiger partial charge in [0.1, 0.15) is 0 Å². The van der Waals surface area contributed by atoms with E-state index in [9.17, 15) is 10.2 Å². The largest absolute Gasteiger partial charge is 0.504 e. The number of fused-ring (bicyclic) bond motifs is 3. The van der Waals surface area contributed by atoms with Crippen molar-refractivity contribution in [2.24, 2.45) is 11.3 Å². The molecule has 0 spiro atoms. The molecule has 23 heavy (non-hydrogen) atoms. The lowest BCUT2D eigenvalue weighted by Gasteiger charge is -2.47. The third-order valence-electron chi connectivity index (χ3n) is 5.26. The molecule has 2 aliphatic rings. The summed E-state index contributed by atoms with van der Waals surface area (Å²) in [6, 6.07) is 4.02. The summed E-state index contributed by atoms with van der Waals surface area (Å²) in [5.41, 5.74) is 2.63. The number of methoxy groups -OCH3 is 1. The zero-order valence-corrected chi connectivity index (χ0v) is 14.7. The van der Waals surface area contributed by atoms with Crippen LogP contribution in [0.1, 0.15) is 50.8 Å². The highest BCUT2D eigenvalue weighted by atomic mass is 16.5. The van der Waals surface area contributed by atoms with E-state index in [0.29, 0.717) is 11.7 Å². The van der Waals surface area contributed by atoms with Crippen molar-refractivity contribution < 1.29 is 14.9 Å². The minimum Gasteiger partial charge on any atom is -0.504 e. The van der Waals surface area contributed by atoms with Crippen LogP contribution in [-0.4, -0.2) is 41.4 Å². The molecular formula is C19H29NO3. The Morgan fingerprint density at radius 1 is 1.30 bits per heavy atom. The maximum absolute atomic E-state index is 10.7. The molecule has 0 saturated carbocycles. The molecule has 1 aromatic rings. The van der Waals surface area contributed by atoms with Crippen molar-refractivity contribution in [2.75, 3.05) is 20.2 Å². The number of phenols is 1. The molecule has 4 nitrogen and oxygen atoms in total. The Labute approximate surface area is 139 Å². The van der Waals surface area contributed by atoms with Gasteiger partial charge in [-0.3, -0.25) is 4.90 Å². The van der Waals surface area contributed by atoms with Crippen LogP contribution in [0, 0.1) is 11.3 Å². The van der Waals surface area contributed by atoms with Gasteiger partial charge in [-0.25, -0.2) is 0 Å². The molecule has 128 valence electrons. The number of phenolic OH excluding ortho intramolecular Hbond substituents is 1. The number of hydrogen-bond donors (Lipinski definition) is 2. The predicted octanol–water partition coefficient (Wildman–Crippen LogP) is 3.12. The van der Waals surface area contributed by atoms with Gasteiger partial charge in [-0.05, 0) is 53.9 Å². The summed E-state index contributed by atoms with van der Waals surface area (Å²) in [7, 11) is 1.58. The second-order valence-corrected chi connectivity index (χ2v) is 8.31. The Balaban J connectivity index is 1.85. The van der Waals surface area contributed by atoms with E-state index in [0.717, 1.165) is 32.4 Å². The number of aliphatic hydroxyl groups is 1. The minimum atomic E-state index is -0.263. The lowest BCUT2D eigenvalue weighted by atomic mass is 9.75. The topological polar surface area (TPSA) is 52.9 Å². The van der Waals surface area contributed by atoms with E-state index >= 15 is 0 Å². The van der Waals surface area contributed by atoms with Crippen LogP contribution >= 0.6 is 0 Å². The first kappa shape index (κ1) is 16.6. The van der Waals surface area contributed by atoms with E-state index in [1.807, 2.05) is 12.1 Å². The molecule has 0 bridgehead atoms. The molecule has 3 atom stereocenters. The third-order valence-corrected chi connectivity index (χ3v) is 5.26. The summed E-state index contributed by atoms with van der Waals surface area (Å²) in [5.74, 6) is 1.07. The highest BCUT2D eigenvalue weighted by Gasteiger charge is 2.39. The molecule has 3 rings (SSSR count). The summed E-state index contributed by atoms with van der Waals surface area (Å²) in [6.07, 6.45) is 2.49. The van der Waals surface area contributed by atoms with Gasteiger partial charge in [0, 0.05) is 19.1 Å². The minimum absolute atomic E-state index is 0.210. The van der Waals surface area contributed by atoms with Crippen LogP contribution in [0.25, 0.3) is 0 Å². The van der Waals surface area contributed by atoms with Gasteiger partial charge >= 0.3 is 0 Å². The molecule has 2 heterocycles. The fourth-order valence-electron chi connectivity index (χ4n) is 4.26. The summed E-state index contributed by atoms with van der Waals surface area (Å²) in [6.45, 7) is 8.67. The van der Waals surface area contributed by atoms with Crippen LogP contribution < -0.4 is 4.74 Å². The van der Waals surface area contributed by atoms with Crippen LogP contribution in [0.5, 0.6) is 11.5 Å². The second-order valence-electron chi connectivity index (χ2n) is 8.31. The Morgan fingerprint density at radius 3 is 2.70 bits per heavy atom. The van der Waals surface area contributed by atoms with Crippen LogP contribution in [0.4, 0.5) is 0 Å². The highest BCUT2D eigenvalue weighted by molar-refractivity contribution is 5.48. The summed E-state index contributed by atoms with van der Waals surface area (Å²) in [4.78, 5) is 2.50. The van der Waals surface area contributed by atoms with E-state index in [4.69, 9.17) is 4.74 Å². The lowest BCUT2D eigenvalue weighted by Crippen LogP contribution is -2.48. The normalized spacial score (nSPS) is 28.1. The van der Waals surface area contributed by atoms with E-state index in [2.05, 4.69) is 25.7 Å². The SMILES string of the molecule is COc1cc2c(cc1O)CCN1CC(CC(C)(C)C)C(O)CC21. The van der Waals surface area contributed by atoms with Crippen molar-refractivity contribution in [3.8, 4) is 11.5 Å². The van der Waals surface area contributed by atoms with Gasteiger partial charge in [0.2, 0.25) is 0 Å². The molecule has 1 saturated heterocycles. The smallest absolute Gasteiger partial charge is 0.160 e. The van der Waals surface area contributed by atoms with E-state index in [-0.39, 0.29) is 23.3 Å². The van der Waals surface area contributed by atoms with Crippen molar-refractivity contribution in [3.05, 3.63) is 23.3 Å². The van der Waals surface area contributed by atoms with Gasteiger partial charge in [0.05, 0.1) is 13.2 Å².